The van der Waals surface area contributed by atoms with Gasteiger partial charge in [0.05, 0.1) is 24.9 Å². The van der Waals surface area contributed by atoms with Crippen molar-refractivity contribution in [3.8, 4) is 0 Å². The van der Waals surface area contributed by atoms with Crippen molar-refractivity contribution in [2.75, 3.05) is 51.8 Å². The van der Waals surface area contributed by atoms with Gasteiger partial charge in [-0.05, 0) is 38.5 Å². The predicted molar refractivity (Wildman–Crippen MR) is 119 cm³/mol. The van der Waals surface area contributed by atoms with Crippen LogP contribution in [0.1, 0.15) is 62.0 Å². The van der Waals surface area contributed by atoms with Gasteiger partial charge in [-0.2, -0.15) is 0 Å². The smallest absolute Gasteiger partial charge is 0.248 e. The summed E-state index contributed by atoms with van der Waals surface area (Å²) in [5.41, 5.74) is 2.05. The summed E-state index contributed by atoms with van der Waals surface area (Å²) in [4.78, 5) is 37.8. The molecular formula is C23H35N5O4. The number of carbonyl (C=O) groups excluding carboxylic acids is 2. The molecule has 1 N–H and O–H groups in total. The number of ether oxygens (including phenoxy) is 2. The molecule has 0 aliphatic carbocycles. The number of piperidine rings is 1. The number of aromatic nitrogens is 2. The predicted octanol–water partition coefficient (Wildman–Crippen LogP) is 1.71. The van der Waals surface area contributed by atoms with E-state index in [4.69, 9.17) is 19.4 Å². The first-order chi connectivity index (χ1) is 15.5. The summed E-state index contributed by atoms with van der Waals surface area (Å²) in [5.74, 6) is 2.01. The average molecular weight is 446 g/mol. The van der Waals surface area contributed by atoms with Crippen LogP contribution in [0.4, 0.5) is 5.82 Å². The molecule has 0 bridgehead atoms. The van der Waals surface area contributed by atoms with Crippen molar-refractivity contribution < 1.29 is 19.1 Å². The second-order valence-electron chi connectivity index (χ2n) is 8.96. The van der Waals surface area contributed by atoms with Crippen molar-refractivity contribution in [3.05, 3.63) is 17.1 Å². The number of rotatable bonds is 6. The van der Waals surface area contributed by atoms with E-state index in [1.54, 1.807) is 6.92 Å². The van der Waals surface area contributed by atoms with Crippen LogP contribution in [-0.2, 0) is 32.0 Å². The standard InChI is InChI=1S/C23H35N5O4/c1-16(29)28-11-8-19-20(13-28)25-22(26-23(19)24-2)17-6-9-27(10-7-17)21(30)15-31-14-18-5-3-4-12-32-18/h17-18H,3-15H2,1-2H3,(H,24,25,26)/t18-/m0/s1. The van der Waals surface area contributed by atoms with Crippen LogP contribution >= 0.6 is 0 Å². The molecule has 9 heteroatoms. The molecule has 1 aromatic heterocycles. The zero-order valence-electron chi connectivity index (χ0n) is 19.3. The van der Waals surface area contributed by atoms with E-state index >= 15 is 0 Å². The normalized spacial score (nSPS) is 21.9. The van der Waals surface area contributed by atoms with E-state index < -0.39 is 0 Å². The number of amides is 2. The van der Waals surface area contributed by atoms with Crippen molar-refractivity contribution in [1.29, 1.82) is 0 Å². The summed E-state index contributed by atoms with van der Waals surface area (Å²) < 4.78 is 11.3. The van der Waals surface area contributed by atoms with Gasteiger partial charge in [-0.15, -0.1) is 0 Å². The van der Waals surface area contributed by atoms with Crippen molar-refractivity contribution in [3.63, 3.8) is 0 Å². The van der Waals surface area contributed by atoms with E-state index in [0.717, 1.165) is 61.6 Å². The van der Waals surface area contributed by atoms with Gasteiger partial charge < -0.3 is 24.6 Å². The van der Waals surface area contributed by atoms with Gasteiger partial charge in [0.1, 0.15) is 18.2 Å². The Morgan fingerprint density at radius 3 is 2.62 bits per heavy atom. The quantitative estimate of drug-likeness (QED) is 0.712. The van der Waals surface area contributed by atoms with E-state index in [9.17, 15) is 9.59 Å². The van der Waals surface area contributed by atoms with Crippen LogP contribution < -0.4 is 5.32 Å². The number of hydrogen-bond acceptors (Lipinski definition) is 7. The summed E-state index contributed by atoms with van der Waals surface area (Å²) in [7, 11) is 1.88. The average Bonchev–Trinajstić information content (AvgIpc) is 2.83. The molecule has 1 atom stereocenters. The first kappa shape index (κ1) is 22.9. The number of hydrogen-bond donors (Lipinski definition) is 1. The third-order valence-electron chi connectivity index (χ3n) is 6.78. The van der Waals surface area contributed by atoms with Gasteiger partial charge >= 0.3 is 0 Å². The summed E-state index contributed by atoms with van der Waals surface area (Å²) in [6.45, 7) is 5.61. The molecule has 32 heavy (non-hydrogen) atoms. The third-order valence-corrected chi connectivity index (χ3v) is 6.78. The Labute approximate surface area is 189 Å². The van der Waals surface area contributed by atoms with Crippen molar-refractivity contribution in [1.82, 2.24) is 19.8 Å². The molecule has 1 aromatic rings. The molecule has 4 heterocycles. The van der Waals surface area contributed by atoms with Gasteiger partial charge in [-0.1, -0.05) is 0 Å². The second-order valence-corrected chi connectivity index (χ2v) is 8.96. The maximum atomic E-state index is 12.6. The van der Waals surface area contributed by atoms with Gasteiger partial charge in [-0.3, -0.25) is 9.59 Å². The van der Waals surface area contributed by atoms with Crippen molar-refractivity contribution in [2.24, 2.45) is 0 Å². The van der Waals surface area contributed by atoms with E-state index in [1.165, 1.54) is 6.42 Å². The number of anilines is 1. The highest BCUT2D eigenvalue weighted by molar-refractivity contribution is 5.77. The molecular weight excluding hydrogens is 410 g/mol. The van der Waals surface area contributed by atoms with Crippen LogP contribution in [-0.4, -0.2) is 84.2 Å². The highest BCUT2D eigenvalue weighted by Gasteiger charge is 2.29. The van der Waals surface area contributed by atoms with E-state index in [1.807, 2.05) is 16.8 Å². The summed E-state index contributed by atoms with van der Waals surface area (Å²) in [6.07, 6.45) is 5.85. The molecule has 176 valence electrons. The number of carbonyl (C=O) groups is 2. The van der Waals surface area contributed by atoms with Gasteiger partial charge in [-0.25, -0.2) is 9.97 Å². The number of nitrogens with one attached hydrogen (secondary N) is 1. The number of nitrogens with zero attached hydrogens (tertiary/aromatic N) is 4. The highest BCUT2D eigenvalue weighted by Crippen LogP contribution is 2.30. The van der Waals surface area contributed by atoms with Crippen LogP contribution in [0.15, 0.2) is 0 Å². The fourth-order valence-corrected chi connectivity index (χ4v) is 4.80. The molecule has 0 spiro atoms. The van der Waals surface area contributed by atoms with Gasteiger partial charge in [0, 0.05) is 51.7 Å². The first-order valence-electron chi connectivity index (χ1n) is 11.8. The molecule has 4 rings (SSSR count). The van der Waals surface area contributed by atoms with Crippen molar-refractivity contribution >= 4 is 17.6 Å². The monoisotopic (exact) mass is 445 g/mol. The van der Waals surface area contributed by atoms with E-state index in [-0.39, 0.29) is 30.4 Å². The lowest BCUT2D eigenvalue weighted by Crippen LogP contribution is -2.41. The number of likely N-dealkylation sites (tertiary alicyclic amines) is 1. The Kier molecular flexibility index (Phi) is 7.57. The summed E-state index contributed by atoms with van der Waals surface area (Å²) in [6, 6.07) is 0. The molecule has 9 nitrogen and oxygen atoms in total. The third kappa shape index (κ3) is 5.38. The first-order valence-corrected chi connectivity index (χ1v) is 11.8. The lowest BCUT2D eigenvalue weighted by Gasteiger charge is -2.33. The fraction of sp³-hybridized carbons (Fsp3) is 0.739. The molecule has 2 fully saturated rings. The molecule has 0 aromatic carbocycles. The van der Waals surface area contributed by atoms with Gasteiger partial charge in [0.25, 0.3) is 0 Å². The topological polar surface area (TPSA) is 96.9 Å². The minimum Gasteiger partial charge on any atom is -0.376 e. The molecule has 0 saturated carbocycles. The van der Waals surface area contributed by atoms with Crippen LogP contribution in [0.2, 0.25) is 0 Å². The lowest BCUT2D eigenvalue weighted by atomic mass is 9.95. The fourth-order valence-electron chi connectivity index (χ4n) is 4.80. The maximum absolute atomic E-state index is 12.6. The number of fused-ring (bicyclic) bond motifs is 1. The Bertz CT molecular complexity index is 819. The largest absolute Gasteiger partial charge is 0.376 e. The Morgan fingerprint density at radius 1 is 1.12 bits per heavy atom. The minimum atomic E-state index is 0.0404. The summed E-state index contributed by atoms with van der Waals surface area (Å²) >= 11 is 0. The minimum absolute atomic E-state index is 0.0404. The van der Waals surface area contributed by atoms with Gasteiger partial charge in [0.15, 0.2) is 0 Å². The Hall–Kier alpha value is -2.26. The molecule has 0 radical (unpaired) electrons. The van der Waals surface area contributed by atoms with E-state index in [0.29, 0.717) is 32.8 Å². The zero-order chi connectivity index (χ0) is 22.5. The lowest BCUT2D eigenvalue weighted by molar-refractivity contribution is -0.139. The van der Waals surface area contributed by atoms with Crippen LogP contribution in [0, 0.1) is 0 Å². The maximum Gasteiger partial charge on any atom is 0.248 e. The van der Waals surface area contributed by atoms with Gasteiger partial charge in [0.2, 0.25) is 11.8 Å². The van der Waals surface area contributed by atoms with Crippen molar-refractivity contribution in [2.45, 2.75) is 64.0 Å². The molecule has 3 aliphatic heterocycles. The summed E-state index contributed by atoms with van der Waals surface area (Å²) in [5, 5.41) is 3.21. The van der Waals surface area contributed by atoms with E-state index in [2.05, 4.69) is 5.32 Å². The Morgan fingerprint density at radius 2 is 1.94 bits per heavy atom. The SMILES string of the molecule is CNc1nc(C2CCN(C(=O)COC[C@@H]3CCCCO3)CC2)nc2c1CCN(C(C)=O)C2. The Balaban J connectivity index is 1.31. The molecule has 2 amide bonds. The zero-order valence-corrected chi connectivity index (χ0v) is 19.3. The second kappa shape index (κ2) is 10.6. The van der Waals surface area contributed by atoms with Crippen LogP contribution in [0.25, 0.3) is 0 Å². The van der Waals surface area contributed by atoms with Crippen LogP contribution in [0.5, 0.6) is 0 Å². The molecule has 2 saturated heterocycles. The highest BCUT2D eigenvalue weighted by atomic mass is 16.5. The van der Waals surface area contributed by atoms with Crippen LogP contribution in [0.3, 0.4) is 0 Å². The molecule has 3 aliphatic rings. The molecule has 0 unspecified atom stereocenters.